The highest BCUT2D eigenvalue weighted by Crippen LogP contribution is 2.33. The van der Waals surface area contributed by atoms with Crippen LogP contribution in [-0.2, 0) is 26.3 Å². The molecule has 20 heavy (non-hydrogen) atoms. The summed E-state index contributed by atoms with van der Waals surface area (Å²) >= 11 is 0. The van der Waals surface area contributed by atoms with Gasteiger partial charge in [-0.3, -0.25) is 9.59 Å². The van der Waals surface area contributed by atoms with Crippen LogP contribution in [0.15, 0.2) is 18.2 Å². The number of aliphatic carboxylic acids is 1. The largest absolute Gasteiger partial charge is 0.496 e. The van der Waals surface area contributed by atoms with Gasteiger partial charge in [-0.1, -0.05) is 12.1 Å². The minimum atomic E-state index is -0.840. The van der Waals surface area contributed by atoms with E-state index < -0.39 is 11.6 Å². The van der Waals surface area contributed by atoms with Gasteiger partial charge in [0.2, 0.25) is 0 Å². The molecule has 0 aliphatic heterocycles. The smallest absolute Gasteiger partial charge is 0.303 e. The van der Waals surface area contributed by atoms with E-state index in [0.29, 0.717) is 12.2 Å². The maximum absolute atomic E-state index is 11.1. The van der Waals surface area contributed by atoms with Crippen molar-refractivity contribution < 1.29 is 24.2 Å². The number of aryl methyl sites for hydroxylation is 1. The molecule has 0 aliphatic rings. The second kappa shape index (κ2) is 6.41. The number of carbonyl (C=O) groups excluding carboxylic acids is 1. The molecule has 1 rings (SSSR count). The number of benzene rings is 1. The van der Waals surface area contributed by atoms with Gasteiger partial charge >= 0.3 is 11.9 Å². The number of ether oxygens (including phenoxy) is 2. The molecule has 5 nitrogen and oxygen atoms in total. The number of hydrogen-bond acceptors (Lipinski definition) is 4. The Morgan fingerprint density at radius 3 is 2.45 bits per heavy atom. The Bertz CT molecular complexity index is 505. The van der Waals surface area contributed by atoms with Crippen molar-refractivity contribution in [3.8, 4) is 5.75 Å². The van der Waals surface area contributed by atoms with Gasteiger partial charge in [-0.15, -0.1) is 0 Å². The first-order valence-electron chi connectivity index (χ1n) is 6.35. The van der Waals surface area contributed by atoms with Gasteiger partial charge in [0.15, 0.2) is 0 Å². The minimum absolute atomic E-state index is 0.0653. The summed E-state index contributed by atoms with van der Waals surface area (Å²) < 4.78 is 10.6. The second-order valence-corrected chi connectivity index (χ2v) is 5.03. The third-order valence-corrected chi connectivity index (χ3v) is 2.94. The van der Waals surface area contributed by atoms with E-state index in [-0.39, 0.29) is 12.4 Å². The van der Waals surface area contributed by atoms with Gasteiger partial charge in [0, 0.05) is 18.9 Å². The predicted molar refractivity (Wildman–Crippen MR) is 73.7 cm³/mol. The van der Waals surface area contributed by atoms with E-state index in [2.05, 4.69) is 0 Å². The normalized spacial score (nSPS) is 11.0. The maximum atomic E-state index is 11.1. The zero-order valence-electron chi connectivity index (χ0n) is 12.2. The summed E-state index contributed by atoms with van der Waals surface area (Å²) in [6, 6.07) is 5.41. The lowest BCUT2D eigenvalue weighted by Gasteiger charge is -2.27. The molecule has 0 aliphatic carbocycles. The van der Waals surface area contributed by atoms with E-state index in [1.165, 1.54) is 14.0 Å². The van der Waals surface area contributed by atoms with Gasteiger partial charge in [-0.25, -0.2) is 0 Å². The molecule has 0 saturated heterocycles. The molecule has 0 bridgehead atoms. The predicted octanol–water partition coefficient (Wildman–Crippen LogP) is 2.51. The Morgan fingerprint density at radius 2 is 1.95 bits per heavy atom. The van der Waals surface area contributed by atoms with E-state index in [1.807, 2.05) is 6.07 Å². The van der Waals surface area contributed by atoms with Crippen LogP contribution in [0.1, 0.15) is 38.3 Å². The SMILES string of the molecule is COc1cc(CCC(=O)O)ccc1C(C)(C)OC(C)=O. The second-order valence-electron chi connectivity index (χ2n) is 5.03. The molecule has 0 radical (unpaired) electrons. The Labute approximate surface area is 118 Å². The summed E-state index contributed by atoms with van der Waals surface area (Å²) in [6.45, 7) is 4.92. The van der Waals surface area contributed by atoms with Gasteiger partial charge < -0.3 is 14.6 Å². The molecule has 1 N–H and O–H groups in total. The lowest BCUT2D eigenvalue weighted by atomic mass is 9.94. The molecule has 0 aromatic heterocycles. The first kappa shape index (κ1) is 16.0. The van der Waals surface area contributed by atoms with E-state index in [4.69, 9.17) is 14.6 Å². The Balaban J connectivity index is 3.04. The molecule has 0 amide bonds. The van der Waals surface area contributed by atoms with E-state index >= 15 is 0 Å². The zero-order chi connectivity index (χ0) is 15.3. The Morgan fingerprint density at radius 1 is 1.30 bits per heavy atom. The summed E-state index contributed by atoms with van der Waals surface area (Å²) in [6.07, 6.45) is 0.496. The lowest BCUT2D eigenvalue weighted by Crippen LogP contribution is -2.25. The van der Waals surface area contributed by atoms with Crippen LogP contribution in [0.25, 0.3) is 0 Å². The molecule has 0 atom stereocenters. The van der Waals surface area contributed by atoms with Crippen LogP contribution in [0.2, 0.25) is 0 Å². The van der Waals surface area contributed by atoms with Crippen molar-refractivity contribution in [2.24, 2.45) is 0 Å². The summed E-state index contributed by atoms with van der Waals surface area (Å²) in [5.74, 6) is -0.626. The van der Waals surface area contributed by atoms with Crippen LogP contribution >= 0.6 is 0 Å². The fraction of sp³-hybridized carbons (Fsp3) is 0.467. The van der Waals surface area contributed by atoms with Crippen molar-refractivity contribution in [2.75, 3.05) is 7.11 Å². The zero-order valence-corrected chi connectivity index (χ0v) is 12.2. The quantitative estimate of drug-likeness (QED) is 0.810. The van der Waals surface area contributed by atoms with Crippen molar-refractivity contribution in [3.05, 3.63) is 29.3 Å². The average Bonchev–Trinajstić information content (AvgIpc) is 2.34. The van der Waals surface area contributed by atoms with Crippen molar-refractivity contribution in [3.63, 3.8) is 0 Å². The van der Waals surface area contributed by atoms with Crippen LogP contribution in [-0.4, -0.2) is 24.2 Å². The van der Waals surface area contributed by atoms with E-state index in [1.54, 1.807) is 26.0 Å². The highest BCUT2D eigenvalue weighted by molar-refractivity contribution is 5.67. The Kier molecular flexibility index (Phi) is 5.13. The summed E-state index contributed by atoms with van der Waals surface area (Å²) in [4.78, 5) is 21.7. The van der Waals surface area contributed by atoms with Crippen LogP contribution in [0, 0.1) is 0 Å². The van der Waals surface area contributed by atoms with E-state index in [9.17, 15) is 9.59 Å². The number of esters is 1. The fourth-order valence-corrected chi connectivity index (χ4v) is 2.05. The first-order chi connectivity index (χ1) is 9.26. The molecule has 110 valence electrons. The average molecular weight is 280 g/mol. The molecule has 1 aromatic carbocycles. The fourth-order valence-electron chi connectivity index (χ4n) is 2.05. The lowest BCUT2D eigenvalue weighted by molar-refractivity contribution is -0.154. The highest BCUT2D eigenvalue weighted by Gasteiger charge is 2.27. The molecule has 0 fully saturated rings. The molecule has 0 saturated carbocycles. The van der Waals surface area contributed by atoms with Gasteiger partial charge in [-0.2, -0.15) is 0 Å². The monoisotopic (exact) mass is 280 g/mol. The standard InChI is InChI=1S/C15H20O5/c1-10(16)20-15(2,3)12-7-5-11(6-8-14(17)18)9-13(12)19-4/h5,7,9H,6,8H2,1-4H3,(H,17,18). The van der Waals surface area contributed by atoms with Crippen LogP contribution in [0.3, 0.4) is 0 Å². The molecule has 0 unspecified atom stereocenters. The highest BCUT2D eigenvalue weighted by atomic mass is 16.6. The molecule has 5 heteroatoms. The molecule has 0 heterocycles. The number of methoxy groups -OCH3 is 1. The Hall–Kier alpha value is -2.04. The van der Waals surface area contributed by atoms with Crippen molar-refractivity contribution in [1.82, 2.24) is 0 Å². The minimum Gasteiger partial charge on any atom is -0.496 e. The van der Waals surface area contributed by atoms with Crippen LogP contribution in [0.5, 0.6) is 5.75 Å². The maximum Gasteiger partial charge on any atom is 0.303 e. The van der Waals surface area contributed by atoms with Gasteiger partial charge in [0.05, 0.1) is 7.11 Å². The number of rotatable bonds is 6. The number of carboxylic acids is 1. The molecular formula is C15H20O5. The van der Waals surface area contributed by atoms with Gasteiger partial charge in [0.25, 0.3) is 0 Å². The topological polar surface area (TPSA) is 72.8 Å². The number of carboxylic acid groups (broad SMARTS) is 1. The number of hydrogen-bond donors (Lipinski definition) is 1. The van der Waals surface area contributed by atoms with Crippen LogP contribution < -0.4 is 4.74 Å². The summed E-state index contributed by atoms with van der Waals surface area (Å²) in [5.41, 5.74) is 0.809. The third-order valence-electron chi connectivity index (χ3n) is 2.94. The first-order valence-corrected chi connectivity index (χ1v) is 6.35. The summed E-state index contributed by atoms with van der Waals surface area (Å²) in [7, 11) is 1.53. The molecule has 0 spiro atoms. The van der Waals surface area contributed by atoms with Gasteiger partial charge in [0.1, 0.15) is 11.4 Å². The molecular weight excluding hydrogens is 260 g/mol. The van der Waals surface area contributed by atoms with Crippen molar-refractivity contribution in [1.29, 1.82) is 0 Å². The third kappa shape index (κ3) is 4.26. The van der Waals surface area contributed by atoms with Crippen molar-refractivity contribution in [2.45, 2.75) is 39.2 Å². The van der Waals surface area contributed by atoms with Crippen molar-refractivity contribution >= 4 is 11.9 Å². The number of carbonyl (C=O) groups is 2. The van der Waals surface area contributed by atoms with Crippen LogP contribution in [0.4, 0.5) is 0 Å². The van der Waals surface area contributed by atoms with Gasteiger partial charge in [-0.05, 0) is 31.9 Å². The van der Waals surface area contributed by atoms with E-state index in [0.717, 1.165) is 11.1 Å². The molecule has 1 aromatic rings. The summed E-state index contributed by atoms with van der Waals surface area (Å²) in [5, 5.41) is 8.70.